The highest BCUT2D eigenvalue weighted by atomic mass is 16.5. The van der Waals surface area contributed by atoms with Crippen LogP contribution in [0.25, 0.3) is 0 Å². The van der Waals surface area contributed by atoms with Crippen molar-refractivity contribution in [1.29, 1.82) is 0 Å². The van der Waals surface area contributed by atoms with Crippen LogP contribution in [-0.4, -0.2) is 5.11 Å². The first-order valence-corrected chi connectivity index (χ1v) is 6.90. The molecule has 1 atom stereocenters. The highest BCUT2D eigenvalue weighted by Crippen LogP contribution is 2.39. The average molecular weight is 280 g/mol. The highest BCUT2D eigenvalue weighted by molar-refractivity contribution is 5.39. The minimum Gasteiger partial charge on any atom is -0.457 e. The molecule has 2 heteroatoms. The molecule has 0 amide bonds. The predicted octanol–water partition coefficient (Wildman–Crippen LogP) is 4.35. The molecular formula is C19H20O2. The lowest BCUT2D eigenvalue weighted by Crippen LogP contribution is -2.38. The second kappa shape index (κ2) is 5.63. The van der Waals surface area contributed by atoms with Gasteiger partial charge in [0, 0.05) is 5.41 Å². The van der Waals surface area contributed by atoms with Gasteiger partial charge in [0.1, 0.15) is 11.5 Å². The summed E-state index contributed by atoms with van der Waals surface area (Å²) in [6, 6.07) is 16.8. The van der Waals surface area contributed by atoms with Gasteiger partial charge in [0.15, 0.2) is 5.60 Å². The van der Waals surface area contributed by atoms with Gasteiger partial charge in [-0.3, -0.25) is 0 Å². The Hall–Kier alpha value is -2.24. The number of aliphatic hydroxyl groups is 1. The molecule has 108 valence electrons. The van der Waals surface area contributed by atoms with Gasteiger partial charge in [-0.1, -0.05) is 57.0 Å². The van der Waals surface area contributed by atoms with E-state index in [9.17, 15) is 5.11 Å². The molecule has 0 radical (unpaired) electrons. The van der Waals surface area contributed by atoms with Crippen molar-refractivity contribution < 1.29 is 9.84 Å². The van der Waals surface area contributed by atoms with Gasteiger partial charge in [0.05, 0.1) is 0 Å². The van der Waals surface area contributed by atoms with E-state index in [4.69, 9.17) is 11.2 Å². The minimum atomic E-state index is -1.31. The van der Waals surface area contributed by atoms with E-state index in [0.29, 0.717) is 11.3 Å². The summed E-state index contributed by atoms with van der Waals surface area (Å²) in [6.07, 6.45) is 5.56. The van der Waals surface area contributed by atoms with Crippen molar-refractivity contribution >= 4 is 0 Å². The van der Waals surface area contributed by atoms with E-state index in [2.05, 4.69) is 5.92 Å². The Bertz CT molecular complexity index is 630. The van der Waals surface area contributed by atoms with Crippen LogP contribution < -0.4 is 4.74 Å². The lowest BCUT2D eigenvalue weighted by molar-refractivity contribution is -0.00888. The second-order valence-electron chi connectivity index (χ2n) is 6.04. The molecule has 0 fully saturated rings. The maximum Gasteiger partial charge on any atom is 0.155 e. The first kappa shape index (κ1) is 15.2. The molecule has 0 saturated heterocycles. The third kappa shape index (κ3) is 3.09. The van der Waals surface area contributed by atoms with Crippen LogP contribution in [0.5, 0.6) is 11.5 Å². The number of terminal acetylenes is 1. The first-order valence-electron chi connectivity index (χ1n) is 6.90. The zero-order valence-corrected chi connectivity index (χ0v) is 12.6. The molecule has 0 spiro atoms. The Labute approximate surface area is 126 Å². The van der Waals surface area contributed by atoms with E-state index >= 15 is 0 Å². The Morgan fingerprint density at radius 2 is 1.43 bits per heavy atom. The summed E-state index contributed by atoms with van der Waals surface area (Å²) < 4.78 is 5.73. The highest BCUT2D eigenvalue weighted by Gasteiger charge is 2.39. The molecule has 1 N–H and O–H groups in total. The number of hydrogen-bond donors (Lipinski definition) is 1. The van der Waals surface area contributed by atoms with E-state index in [1.165, 1.54) is 0 Å². The van der Waals surface area contributed by atoms with Crippen molar-refractivity contribution in [1.82, 2.24) is 0 Å². The molecule has 0 bridgehead atoms. The van der Waals surface area contributed by atoms with E-state index < -0.39 is 11.0 Å². The smallest absolute Gasteiger partial charge is 0.155 e. The molecular weight excluding hydrogens is 260 g/mol. The van der Waals surface area contributed by atoms with Gasteiger partial charge < -0.3 is 9.84 Å². The summed E-state index contributed by atoms with van der Waals surface area (Å²) in [5, 5.41) is 10.7. The van der Waals surface area contributed by atoms with Crippen LogP contribution in [0.2, 0.25) is 0 Å². The van der Waals surface area contributed by atoms with Crippen molar-refractivity contribution in [3.8, 4) is 23.8 Å². The molecule has 2 nitrogen and oxygen atoms in total. The summed E-state index contributed by atoms with van der Waals surface area (Å²) >= 11 is 0. The van der Waals surface area contributed by atoms with Crippen molar-refractivity contribution in [3.63, 3.8) is 0 Å². The van der Waals surface area contributed by atoms with Gasteiger partial charge in [-0.2, -0.15) is 0 Å². The number of ether oxygens (including phenoxy) is 1. The summed E-state index contributed by atoms with van der Waals surface area (Å²) in [4.78, 5) is 0. The van der Waals surface area contributed by atoms with Gasteiger partial charge >= 0.3 is 0 Å². The van der Waals surface area contributed by atoms with Crippen LogP contribution in [0.3, 0.4) is 0 Å². The Morgan fingerprint density at radius 3 is 1.90 bits per heavy atom. The Balaban J connectivity index is 2.25. The van der Waals surface area contributed by atoms with Gasteiger partial charge in [-0.25, -0.2) is 0 Å². The normalized spacial score (nSPS) is 14.0. The summed E-state index contributed by atoms with van der Waals surface area (Å²) in [6.45, 7) is 5.75. The lowest BCUT2D eigenvalue weighted by atomic mass is 9.73. The Kier molecular flexibility index (Phi) is 4.06. The molecule has 0 aliphatic carbocycles. The second-order valence-corrected chi connectivity index (χ2v) is 6.04. The van der Waals surface area contributed by atoms with Crippen LogP contribution in [0.15, 0.2) is 54.6 Å². The Morgan fingerprint density at radius 1 is 0.905 bits per heavy atom. The van der Waals surface area contributed by atoms with E-state index in [1.807, 2.05) is 75.4 Å². The molecule has 2 rings (SSSR count). The monoisotopic (exact) mass is 280 g/mol. The third-order valence-electron chi connectivity index (χ3n) is 3.55. The number of hydrogen-bond acceptors (Lipinski definition) is 2. The van der Waals surface area contributed by atoms with Crippen LogP contribution in [0.4, 0.5) is 0 Å². The predicted molar refractivity (Wildman–Crippen MR) is 85.1 cm³/mol. The number of para-hydroxylation sites is 1. The summed E-state index contributed by atoms with van der Waals surface area (Å²) in [5.41, 5.74) is -1.07. The molecule has 0 aromatic heterocycles. The fourth-order valence-electron chi connectivity index (χ4n) is 2.12. The van der Waals surface area contributed by atoms with Crippen LogP contribution in [-0.2, 0) is 5.60 Å². The van der Waals surface area contributed by atoms with Crippen molar-refractivity contribution in [3.05, 3.63) is 60.2 Å². The zero-order chi connectivity index (χ0) is 15.5. The molecule has 0 aliphatic rings. The van der Waals surface area contributed by atoms with Crippen LogP contribution in [0, 0.1) is 17.8 Å². The van der Waals surface area contributed by atoms with Crippen molar-refractivity contribution in [2.24, 2.45) is 5.41 Å². The maximum absolute atomic E-state index is 10.7. The van der Waals surface area contributed by atoms with Crippen LogP contribution >= 0.6 is 0 Å². The molecule has 21 heavy (non-hydrogen) atoms. The van der Waals surface area contributed by atoms with Gasteiger partial charge in [0.2, 0.25) is 0 Å². The van der Waals surface area contributed by atoms with Crippen molar-refractivity contribution in [2.75, 3.05) is 0 Å². The van der Waals surface area contributed by atoms with Crippen molar-refractivity contribution in [2.45, 2.75) is 26.4 Å². The van der Waals surface area contributed by atoms with E-state index in [-0.39, 0.29) is 0 Å². The average Bonchev–Trinajstić information content (AvgIpc) is 2.47. The first-order chi connectivity index (χ1) is 9.87. The zero-order valence-electron chi connectivity index (χ0n) is 12.6. The number of rotatable bonds is 3. The molecule has 0 heterocycles. The number of benzene rings is 2. The molecule has 2 aromatic carbocycles. The molecule has 2 aromatic rings. The van der Waals surface area contributed by atoms with Gasteiger partial charge in [-0.05, 0) is 29.8 Å². The lowest BCUT2D eigenvalue weighted by Gasteiger charge is -2.36. The standard InChI is InChI=1S/C19H20O2/c1-5-19(20,18(2,3)4)15-11-13-17(14-12-15)21-16-9-7-6-8-10-16/h1,6-14,20H,2-4H3. The van der Waals surface area contributed by atoms with Gasteiger partial charge in [0.25, 0.3) is 0 Å². The fourth-order valence-corrected chi connectivity index (χ4v) is 2.12. The topological polar surface area (TPSA) is 29.5 Å². The van der Waals surface area contributed by atoms with Gasteiger partial charge in [-0.15, -0.1) is 6.42 Å². The third-order valence-corrected chi connectivity index (χ3v) is 3.55. The van der Waals surface area contributed by atoms with E-state index in [0.717, 1.165) is 5.75 Å². The molecule has 0 aliphatic heterocycles. The van der Waals surface area contributed by atoms with Crippen LogP contribution in [0.1, 0.15) is 26.3 Å². The fraction of sp³-hybridized carbons (Fsp3) is 0.263. The summed E-state index contributed by atoms with van der Waals surface area (Å²) in [5.74, 6) is 4.00. The molecule has 0 saturated carbocycles. The largest absolute Gasteiger partial charge is 0.457 e. The quantitative estimate of drug-likeness (QED) is 0.847. The minimum absolute atomic E-state index is 0.455. The summed E-state index contributed by atoms with van der Waals surface area (Å²) in [7, 11) is 0. The maximum atomic E-state index is 10.7. The SMILES string of the molecule is C#CC(O)(c1ccc(Oc2ccccc2)cc1)C(C)(C)C. The molecule has 1 unspecified atom stereocenters. The van der Waals surface area contributed by atoms with E-state index in [1.54, 1.807) is 0 Å².